The number of esters is 1. The van der Waals surface area contributed by atoms with Crippen molar-refractivity contribution in [3.05, 3.63) is 56.4 Å². The van der Waals surface area contributed by atoms with Gasteiger partial charge in [-0.3, -0.25) is 10.1 Å². The van der Waals surface area contributed by atoms with E-state index in [-0.39, 0.29) is 17.1 Å². The van der Waals surface area contributed by atoms with Crippen molar-refractivity contribution < 1.29 is 14.5 Å². The normalized spacial score (nSPS) is 14.2. The first kappa shape index (κ1) is 16.1. The van der Waals surface area contributed by atoms with Crippen molar-refractivity contribution in [1.29, 1.82) is 0 Å². The van der Waals surface area contributed by atoms with E-state index in [1.807, 2.05) is 16.3 Å². The van der Waals surface area contributed by atoms with Crippen molar-refractivity contribution >= 4 is 34.4 Å². The van der Waals surface area contributed by atoms with Crippen LogP contribution in [-0.2, 0) is 4.74 Å². The first-order valence-corrected chi connectivity index (χ1v) is 8.18. The van der Waals surface area contributed by atoms with Gasteiger partial charge >= 0.3 is 11.7 Å². The van der Waals surface area contributed by atoms with E-state index in [0.29, 0.717) is 13.1 Å². The van der Waals surface area contributed by atoms with E-state index in [0.717, 1.165) is 6.42 Å². The van der Waals surface area contributed by atoms with Gasteiger partial charge in [0.15, 0.2) is 0 Å². The molecule has 0 bridgehead atoms. The second-order valence-electron chi connectivity index (χ2n) is 5.22. The van der Waals surface area contributed by atoms with Crippen molar-refractivity contribution in [3.8, 4) is 0 Å². The number of thiophene rings is 1. The van der Waals surface area contributed by atoms with Crippen molar-refractivity contribution in [2.24, 2.45) is 0 Å². The molecule has 0 saturated carbocycles. The minimum atomic E-state index is -0.643. The monoisotopic (exact) mass is 345 g/mol. The van der Waals surface area contributed by atoms with Gasteiger partial charge in [-0.2, -0.15) is 0 Å². The number of carbonyl (C=O) groups excluding carboxylic acids is 1. The highest BCUT2D eigenvalue weighted by atomic mass is 32.1. The third kappa shape index (κ3) is 3.13. The molecule has 0 atom stereocenters. The van der Waals surface area contributed by atoms with Gasteiger partial charge in [0.25, 0.3) is 0 Å². The summed E-state index contributed by atoms with van der Waals surface area (Å²) in [6.45, 7) is 1.17. The molecule has 0 fully saturated rings. The van der Waals surface area contributed by atoms with Gasteiger partial charge in [0.2, 0.25) is 5.82 Å². The summed E-state index contributed by atoms with van der Waals surface area (Å²) in [6, 6.07) is 5.29. The van der Waals surface area contributed by atoms with E-state index >= 15 is 0 Å². The minimum Gasteiger partial charge on any atom is -0.465 e. The Balaban J connectivity index is 1.87. The Morgan fingerprint density at radius 3 is 2.92 bits per heavy atom. The van der Waals surface area contributed by atoms with Crippen LogP contribution in [0.2, 0.25) is 0 Å². The van der Waals surface area contributed by atoms with Gasteiger partial charge < -0.3 is 9.64 Å². The smallest absolute Gasteiger partial charge is 0.339 e. The highest BCUT2D eigenvalue weighted by Crippen LogP contribution is 2.32. The molecule has 0 N–H and O–H groups in total. The standard InChI is InChI=1S/C16H15N3O4S/c1-23-16(20)12-9-13(19(21)22)15(17-10-12)18-6-4-11(5-7-18)14-3-2-8-24-14/h2-4,8-10H,5-7H2,1H3. The molecule has 124 valence electrons. The fraction of sp³-hybridized carbons (Fsp3) is 0.250. The summed E-state index contributed by atoms with van der Waals surface area (Å²) in [5, 5.41) is 13.4. The number of nitrogens with zero attached hydrogens (tertiary/aromatic N) is 3. The SMILES string of the molecule is COC(=O)c1cnc(N2CC=C(c3cccs3)CC2)c([N+](=O)[O-])c1. The largest absolute Gasteiger partial charge is 0.465 e. The maximum Gasteiger partial charge on any atom is 0.339 e. The number of methoxy groups -OCH3 is 1. The molecule has 1 aliphatic rings. The predicted molar refractivity (Wildman–Crippen MR) is 91.4 cm³/mol. The first-order chi connectivity index (χ1) is 11.6. The minimum absolute atomic E-state index is 0.0692. The van der Waals surface area contributed by atoms with Crippen molar-refractivity contribution in [3.63, 3.8) is 0 Å². The molecule has 0 aromatic carbocycles. The van der Waals surface area contributed by atoms with Gasteiger partial charge in [-0.25, -0.2) is 9.78 Å². The molecular formula is C16H15N3O4S. The van der Waals surface area contributed by atoms with Crippen LogP contribution in [0, 0.1) is 10.1 Å². The van der Waals surface area contributed by atoms with E-state index in [1.165, 1.54) is 29.8 Å². The topological polar surface area (TPSA) is 85.6 Å². The van der Waals surface area contributed by atoms with Gasteiger partial charge in [-0.1, -0.05) is 12.1 Å². The molecule has 0 amide bonds. The van der Waals surface area contributed by atoms with Crippen LogP contribution >= 0.6 is 11.3 Å². The van der Waals surface area contributed by atoms with Crippen LogP contribution in [-0.4, -0.2) is 36.1 Å². The number of hydrogen-bond acceptors (Lipinski definition) is 7. The van der Waals surface area contributed by atoms with Gasteiger partial charge in [-0.05, 0) is 23.4 Å². The molecule has 2 aromatic rings. The average molecular weight is 345 g/mol. The third-order valence-corrected chi connectivity index (χ3v) is 4.76. The van der Waals surface area contributed by atoms with Crippen LogP contribution in [0.1, 0.15) is 21.7 Å². The molecule has 24 heavy (non-hydrogen) atoms. The second-order valence-corrected chi connectivity index (χ2v) is 6.17. The fourth-order valence-corrected chi connectivity index (χ4v) is 3.40. The summed E-state index contributed by atoms with van der Waals surface area (Å²) in [4.78, 5) is 29.6. The summed E-state index contributed by atoms with van der Waals surface area (Å²) in [7, 11) is 1.23. The first-order valence-electron chi connectivity index (χ1n) is 7.30. The molecule has 2 aromatic heterocycles. The van der Waals surface area contributed by atoms with E-state index < -0.39 is 10.9 Å². The fourth-order valence-electron chi connectivity index (χ4n) is 2.60. The lowest BCUT2D eigenvalue weighted by Crippen LogP contribution is -2.29. The quantitative estimate of drug-likeness (QED) is 0.481. The number of rotatable bonds is 4. The number of anilines is 1. The Morgan fingerprint density at radius 1 is 1.50 bits per heavy atom. The van der Waals surface area contributed by atoms with E-state index in [1.54, 1.807) is 11.3 Å². The summed E-state index contributed by atoms with van der Waals surface area (Å²) < 4.78 is 4.59. The van der Waals surface area contributed by atoms with Crippen LogP contribution in [0.4, 0.5) is 11.5 Å². The lowest BCUT2D eigenvalue weighted by atomic mass is 10.1. The number of ether oxygens (including phenoxy) is 1. The molecule has 0 radical (unpaired) electrons. The second kappa shape index (κ2) is 6.79. The lowest BCUT2D eigenvalue weighted by Gasteiger charge is -2.26. The Kier molecular flexibility index (Phi) is 4.57. The van der Waals surface area contributed by atoms with Crippen LogP contribution < -0.4 is 4.90 Å². The number of aromatic nitrogens is 1. The Bertz CT molecular complexity index is 802. The molecule has 0 unspecified atom stereocenters. The molecule has 0 aliphatic carbocycles. The number of pyridine rings is 1. The Hall–Kier alpha value is -2.74. The summed E-state index contributed by atoms with van der Waals surface area (Å²) in [5.41, 5.74) is 1.13. The zero-order valence-electron chi connectivity index (χ0n) is 13.0. The molecule has 1 aliphatic heterocycles. The Labute approximate surface area is 142 Å². The maximum absolute atomic E-state index is 11.5. The number of hydrogen-bond donors (Lipinski definition) is 0. The van der Waals surface area contributed by atoms with Crippen LogP contribution in [0.5, 0.6) is 0 Å². The van der Waals surface area contributed by atoms with Gasteiger partial charge in [0.05, 0.1) is 17.6 Å². The van der Waals surface area contributed by atoms with E-state index in [9.17, 15) is 14.9 Å². The van der Waals surface area contributed by atoms with E-state index in [4.69, 9.17) is 0 Å². The average Bonchev–Trinajstić information content (AvgIpc) is 3.15. The summed E-state index contributed by atoms with van der Waals surface area (Å²) in [6.07, 6.45) is 4.17. The van der Waals surface area contributed by atoms with Gasteiger partial charge in [-0.15, -0.1) is 11.3 Å². The van der Waals surface area contributed by atoms with E-state index in [2.05, 4.69) is 21.9 Å². The predicted octanol–water partition coefficient (Wildman–Crippen LogP) is 3.13. The van der Waals surface area contributed by atoms with Crippen LogP contribution in [0.25, 0.3) is 5.57 Å². The summed E-state index contributed by atoms with van der Waals surface area (Å²) >= 11 is 1.68. The number of carbonyl (C=O) groups is 1. The van der Waals surface area contributed by atoms with Crippen molar-refractivity contribution in [2.75, 3.05) is 25.1 Å². The van der Waals surface area contributed by atoms with Crippen LogP contribution in [0.3, 0.4) is 0 Å². The third-order valence-electron chi connectivity index (χ3n) is 3.81. The van der Waals surface area contributed by atoms with Crippen LogP contribution in [0.15, 0.2) is 35.9 Å². The van der Waals surface area contributed by atoms with Crippen molar-refractivity contribution in [2.45, 2.75) is 6.42 Å². The Morgan fingerprint density at radius 2 is 2.33 bits per heavy atom. The number of nitro groups is 1. The lowest BCUT2D eigenvalue weighted by molar-refractivity contribution is -0.384. The highest BCUT2D eigenvalue weighted by molar-refractivity contribution is 7.11. The van der Waals surface area contributed by atoms with Gasteiger partial charge in [0, 0.05) is 30.2 Å². The molecule has 3 rings (SSSR count). The van der Waals surface area contributed by atoms with Gasteiger partial charge in [0.1, 0.15) is 0 Å². The zero-order chi connectivity index (χ0) is 17.1. The molecule has 0 spiro atoms. The molecule has 8 heteroatoms. The molecule has 3 heterocycles. The van der Waals surface area contributed by atoms with Crippen molar-refractivity contribution in [1.82, 2.24) is 4.98 Å². The highest BCUT2D eigenvalue weighted by Gasteiger charge is 2.25. The molecule has 0 saturated heterocycles. The molecular weight excluding hydrogens is 330 g/mol. The zero-order valence-corrected chi connectivity index (χ0v) is 13.8. The maximum atomic E-state index is 11.5. The summed E-state index contributed by atoms with van der Waals surface area (Å²) in [5.74, 6) is -0.371. The molecule has 7 nitrogen and oxygen atoms in total.